The molecule has 1 aromatic carbocycles. The smallest absolute Gasteiger partial charge is 0.274 e. The number of aromatic nitrogens is 1. The molecule has 3 heterocycles. The molecule has 0 saturated carbocycles. The zero-order valence-corrected chi connectivity index (χ0v) is 18.0. The number of halogens is 2. The molecule has 0 radical (unpaired) electrons. The Morgan fingerprint density at radius 2 is 2.16 bits per heavy atom. The van der Waals surface area contributed by atoms with Gasteiger partial charge in [-0.25, -0.2) is 27.1 Å². The van der Waals surface area contributed by atoms with E-state index in [1.54, 1.807) is 0 Å². The molecule has 1 unspecified atom stereocenters. The number of hydrogen-bond donors (Lipinski definition) is 2. The molecule has 4 rings (SSSR count). The Morgan fingerprint density at radius 1 is 1.39 bits per heavy atom. The van der Waals surface area contributed by atoms with Gasteiger partial charge >= 0.3 is 0 Å². The Morgan fingerprint density at radius 3 is 2.87 bits per heavy atom. The first-order chi connectivity index (χ1) is 14.6. The quantitative estimate of drug-likeness (QED) is 0.707. The first kappa shape index (κ1) is 21.5. The summed E-state index contributed by atoms with van der Waals surface area (Å²) in [5.74, 6) is -1.49. The van der Waals surface area contributed by atoms with Crippen LogP contribution in [-0.2, 0) is 20.3 Å². The van der Waals surface area contributed by atoms with Gasteiger partial charge in [0.25, 0.3) is 5.91 Å². The highest BCUT2D eigenvalue weighted by Crippen LogP contribution is 2.44. The number of sulfonamides is 1. The molecular weight excluding hydrogens is 449 g/mol. The highest BCUT2D eigenvalue weighted by atomic mass is 35.5. The number of amides is 1. The normalized spacial score (nSPS) is 24.8. The van der Waals surface area contributed by atoms with Crippen molar-refractivity contribution in [3.63, 3.8) is 0 Å². The summed E-state index contributed by atoms with van der Waals surface area (Å²) in [5.41, 5.74) is 4.61. The van der Waals surface area contributed by atoms with Crippen LogP contribution >= 0.6 is 11.6 Å². The van der Waals surface area contributed by atoms with Gasteiger partial charge in [0, 0.05) is 31.1 Å². The fourth-order valence-electron chi connectivity index (χ4n) is 3.80. The number of ether oxygens (including phenoxy) is 1. The number of guanidine groups is 1. The number of rotatable bonds is 3. The van der Waals surface area contributed by atoms with Crippen LogP contribution in [0.3, 0.4) is 0 Å². The van der Waals surface area contributed by atoms with Gasteiger partial charge in [-0.3, -0.25) is 4.79 Å². The summed E-state index contributed by atoms with van der Waals surface area (Å²) in [6.07, 6.45) is 1.45. The van der Waals surface area contributed by atoms with Crippen LogP contribution in [0.2, 0.25) is 5.02 Å². The Labute approximate surface area is 183 Å². The van der Waals surface area contributed by atoms with E-state index in [1.807, 2.05) is 0 Å². The molecule has 2 atom stereocenters. The third kappa shape index (κ3) is 3.62. The first-order valence-corrected chi connectivity index (χ1v) is 11.2. The third-order valence-corrected chi connectivity index (χ3v) is 7.93. The van der Waals surface area contributed by atoms with Crippen LogP contribution in [0.15, 0.2) is 41.5 Å². The maximum absolute atomic E-state index is 15.0. The van der Waals surface area contributed by atoms with E-state index in [2.05, 4.69) is 15.3 Å². The lowest BCUT2D eigenvalue weighted by molar-refractivity contribution is 0.0361. The summed E-state index contributed by atoms with van der Waals surface area (Å²) >= 11 is 5.79. The average Bonchev–Trinajstić information content (AvgIpc) is 2.74. The zero-order valence-electron chi connectivity index (χ0n) is 16.4. The summed E-state index contributed by atoms with van der Waals surface area (Å²) in [7, 11) is -2.59. The van der Waals surface area contributed by atoms with Crippen molar-refractivity contribution in [2.75, 3.05) is 25.6 Å². The van der Waals surface area contributed by atoms with Crippen LogP contribution in [-0.4, -0.2) is 55.1 Å². The number of nitrogens with one attached hydrogen (secondary N) is 1. The molecule has 1 aromatic heterocycles. The molecule has 0 aliphatic carbocycles. The number of pyridine rings is 1. The summed E-state index contributed by atoms with van der Waals surface area (Å²) in [6, 6.07) is 6.81. The van der Waals surface area contributed by atoms with Crippen LogP contribution in [0.1, 0.15) is 22.5 Å². The fraction of sp³-hybridized carbons (Fsp3) is 0.316. The van der Waals surface area contributed by atoms with E-state index in [-0.39, 0.29) is 42.5 Å². The summed E-state index contributed by atoms with van der Waals surface area (Å²) < 4.78 is 47.4. The number of carbonyl (C=O) groups excluding carboxylic acids is 1. The zero-order chi connectivity index (χ0) is 22.4. The molecule has 12 heteroatoms. The second-order valence-corrected chi connectivity index (χ2v) is 9.83. The van der Waals surface area contributed by atoms with Crippen LogP contribution in [0.4, 0.5) is 10.1 Å². The molecule has 9 nitrogen and oxygen atoms in total. The van der Waals surface area contributed by atoms with E-state index in [4.69, 9.17) is 22.1 Å². The Balaban J connectivity index is 1.77. The standard InChI is InChI=1S/C19H19ClFN5O4S/c1-26-18(22)25-19(10-30-7-6-16(19)31(26,28)29)13-8-12(3-4-14(13)21)24-17(27)15-5-2-11(20)9-23-15/h2-5,8-9,16H,6-7,10H2,1H3,(H2,22,25)(H,24,27)/t16?,19-/m1/s1. The van der Waals surface area contributed by atoms with E-state index >= 15 is 0 Å². The van der Waals surface area contributed by atoms with E-state index in [0.717, 1.165) is 10.4 Å². The number of hydrogen-bond acceptors (Lipinski definition) is 7. The van der Waals surface area contributed by atoms with Crippen molar-refractivity contribution in [3.8, 4) is 0 Å². The molecule has 164 valence electrons. The highest BCUT2D eigenvalue weighted by molar-refractivity contribution is 7.90. The molecular formula is C19H19ClFN5O4S. The van der Waals surface area contributed by atoms with Crippen LogP contribution < -0.4 is 11.1 Å². The monoisotopic (exact) mass is 467 g/mol. The molecule has 0 spiro atoms. The van der Waals surface area contributed by atoms with Gasteiger partial charge in [0.15, 0.2) is 0 Å². The lowest BCUT2D eigenvalue weighted by atomic mass is 9.84. The molecule has 1 amide bonds. The van der Waals surface area contributed by atoms with Crippen molar-refractivity contribution in [1.29, 1.82) is 0 Å². The van der Waals surface area contributed by atoms with E-state index < -0.39 is 32.5 Å². The summed E-state index contributed by atoms with van der Waals surface area (Å²) in [6.45, 7) is 0.0215. The van der Waals surface area contributed by atoms with Crippen molar-refractivity contribution in [1.82, 2.24) is 9.29 Å². The largest absolute Gasteiger partial charge is 0.378 e. The second kappa shape index (κ2) is 7.74. The lowest BCUT2D eigenvalue weighted by Gasteiger charge is -2.45. The Hall–Kier alpha value is -2.76. The molecule has 0 bridgehead atoms. The SMILES string of the molecule is CN1C(N)=N[C@@]2(c3cc(NC(=O)c4ccc(Cl)cn4)ccc3F)COCCC2S1(=O)=O. The number of aliphatic imine (C=N–C) groups is 1. The van der Waals surface area contributed by atoms with Gasteiger partial charge in [-0.05, 0) is 36.8 Å². The molecule has 2 aliphatic rings. The van der Waals surface area contributed by atoms with Crippen molar-refractivity contribution in [2.24, 2.45) is 10.7 Å². The molecule has 1 fully saturated rings. The van der Waals surface area contributed by atoms with E-state index in [9.17, 15) is 17.6 Å². The molecule has 1 saturated heterocycles. The minimum Gasteiger partial charge on any atom is -0.378 e. The van der Waals surface area contributed by atoms with Gasteiger partial charge in [-0.2, -0.15) is 0 Å². The van der Waals surface area contributed by atoms with Gasteiger partial charge in [0.2, 0.25) is 16.0 Å². The topological polar surface area (TPSA) is 127 Å². The number of anilines is 1. The second-order valence-electron chi connectivity index (χ2n) is 7.25. The maximum atomic E-state index is 15.0. The highest BCUT2D eigenvalue weighted by Gasteiger charge is 2.56. The summed E-state index contributed by atoms with van der Waals surface area (Å²) in [4.78, 5) is 20.8. The average molecular weight is 468 g/mol. The fourth-order valence-corrected chi connectivity index (χ4v) is 5.73. The van der Waals surface area contributed by atoms with Gasteiger partial charge in [0.05, 0.1) is 11.6 Å². The van der Waals surface area contributed by atoms with Gasteiger partial charge in [-0.15, -0.1) is 0 Å². The van der Waals surface area contributed by atoms with Crippen molar-refractivity contribution in [3.05, 3.63) is 58.6 Å². The van der Waals surface area contributed by atoms with Crippen LogP contribution in [0.25, 0.3) is 0 Å². The number of nitrogens with two attached hydrogens (primary N) is 1. The van der Waals surface area contributed by atoms with Crippen LogP contribution in [0, 0.1) is 5.82 Å². The number of benzene rings is 1. The van der Waals surface area contributed by atoms with Gasteiger partial charge in [-0.1, -0.05) is 11.6 Å². The minimum absolute atomic E-state index is 0.0290. The maximum Gasteiger partial charge on any atom is 0.274 e. The number of fused-ring (bicyclic) bond motifs is 1. The molecule has 3 N–H and O–H groups in total. The minimum atomic E-state index is -3.90. The molecule has 2 aliphatic heterocycles. The Kier molecular flexibility index (Phi) is 5.36. The first-order valence-electron chi connectivity index (χ1n) is 9.29. The van der Waals surface area contributed by atoms with E-state index in [1.165, 1.54) is 37.5 Å². The van der Waals surface area contributed by atoms with E-state index in [0.29, 0.717) is 5.02 Å². The Bertz CT molecular complexity index is 1170. The van der Waals surface area contributed by atoms with Crippen molar-refractivity contribution in [2.45, 2.75) is 17.2 Å². The van der Waals surface area contributed by atoms with Crippen molar-refractivity contribution >= 4 is 39.2 Å². The molecule has 2 aromatic rings. The summed E-state index contributed by atoms with van der Waals surface area (Å²) in [5, 5.41) is 1.94. The lowest BCUT2D eigenvalue weighted by Crippen LogP contribution is -2.61. The number of nitrogens with zero attached hydrogens (tertiary/aromatic N) is 3. The predicted octanol–water partition coefficient (Wildman–Crippen LogP) is 1.70. The van der Waals surface area contributed by atoms with Gasteiger partial charge in [0.1, 0.15) is 22.3 Å². The molecule has 31 heavy (non-hydrogen) atoms. The third-order valence-electron chi connectivity index (χ3n) is 5.41. The van der Waals surface area contributed by atoms with Crippen molar-refractivity contribution < 1.29 is 22.3 Å². The number of carbonyl (C=O) groups is 1. The predicted molar refractivity (Wildman–Crippen MR) is 113 cm³/mol. The van der Waals surface area contributed by atoms with Gasteiger partial charge < -0.3 is 15.8 Å². The van der Waals surface area contributed by atoms with Crippen LogP contribution in [0.5, 0.6) is 0 Å².